The van der Waals surface area contributed by atoms with E-state index >= 15 is 0 Å². The number of rotatable bonds is 5. The highest BCUT2D eigenvalue weighted by molar-refractivity contribution is 9.10. The van der Waals surface area contributed by atoms with E-state index in [9.17, 15) is 9.59 Å². The number of carbonyl (C=O) groups excluding carboxylic acids is 1. The zero-order valence-corrected chi connectivity index (χ0v) is 23.4. The summed E-state index contributed by atoms with van der Waals surface area (Å²) < 4.78 is 10.7. The maximum Gasteiger partial charge on any atom is 0.338 e. The van der Waals surface area contributed by atoms with E-state index in [1.807, 2.05) is 55.5 Å². The molecular formula is C29H26BrN3O3S. The minimum atomic E-state index is -0.603. The lowest BCUT2D eigenvalue weighted by atomic mass is 9.96. The van der Waals surface area contributed by atoms with Crippen molar-refractivity contribution in [1.82, 2.24) is 9.13 Å². The minimum Gasteiger partial charge on any atom is -0.463 e. The predicted molar refractivity (Wildman–Crippen MR) is 150 cm³/mol. The minimum absolute atomic E-state index is 0.180. The SMILES string of the molecule is CCOC(=O)C1=C(C)N=c2sc(=Cc3cc(C)n(-c4ccc(Br)cc4)c3C)c(=O)n2C1c1ccccc1. The Kier molecular flexibility index (Phi) is 6.88. The number of esters is 1. The second-order valence-corrected chi connectivity index (χ2v) is 10.8. The molecule has 0 spiro atoms. The van der Waals surface area contributed by atoms with Crippen LogP contribution in [0.4, 0.5) is 0 Å². The largest absolute Gasteiger partial charge is 0.463 e. The molecule has 3 heterocycles. The van der Waals surface area contributed by atoms with Gasteiger partial charge in [-0.3, -0.25) is 9.36 Å². The Morgan fingerprint density at radius 2 is 1.81 bits per heavy atom. The van der Waals surface area contributed by atoms with Gasteiger partial charge in [0.1, 0.15) is 0 Å². The van der Waals surface area contributed by atoms with Crippen molar-refractivity contribution in [1.29, 1.82) is 0 Å². The monoisotopic (exact) mass is 575 g/mol. The highest BCUT2D eigenvalue weighted by Crippen LogP contribution is 2.30. The summed E-state index contributed by atoms with van der Waals surface area (Å²) in [6, 6.07) is 19.2. The van der Waals surface area contributed by atoms with Gasteiger partial charge in [-0.1, -0.05) is 57.6 Å². The van der Waals surface area contributed by atoms with E-state index in [1.54, 1.807) is 18.4 Å². The summed E-state index contributed by atoms with van der Waals surface area (Å²) in [5.74, 6) is -0.454. The predicted octanol–water partition coefficient (Wildman–Crippen LogP) is 4.97. The summed E-state index contributed by atoms with van der Waals surface area (Å²) in [6.45, 7) is 7.91. The summed E-state index contributed by atoms with van der Waals surface area (Å²) >= 11 is 4.83. The molecule has 0 aliphatic carbocycles. The topological polar surface area (TPSA) is 65.6 Å². The number of benzene rings is 2. The molecule has 0 saturated carbocycles. The molecule has 0 amide bonds. The van der Waals surface area contributed by atoms with Crippen molar-refractivity contribution in [3.8, 4) is 5.69 Å². The van der Waals surface area contributed by atoms with Crippen LogP contribution in [0, 0.1) is 13.8 Å². The summed E-state index contributed by atoms with van der Waals surface area (Å²) in [5.41, 5.74) is 5.73. The summed E-state index contributed by atoms with van der Waals surface area (Å²) in [5, 5.41) is 0. The van der Waals surface area contributed by atoms with E-state index in [1.165, 1.54) is 11.3 Å². The molecule has 4 aromatic rings. The third kappa shape index (κ3) is 4.55. The molecule has 0 radical (unpaired) electrons. The van der Waals surface area contributed by atoms with Crippen molar-refractivity contribution >= 4 is 39.3 Å². The van der Waals surface area contributed by atoms with Crippen LogP contribution < -0.4 is 14.9 Å². The average Bonchev–Trinajstić information content (AvgIpc) is 3.33. The molecule has 188 valence electrons. The number of allylic oxidation sites excluding steroid dienone is 1. The third-order valence-corrected chi connectivity index (χ3v) is 7.99. The zero-order chi connectivity index (χ0) is 26.3. The van der Waals surface area contributed by atoms with Crippen LogP contribution in [0.5, 0.6) is 0 Å². The molecule has 0 saturated heterocycles. The molecular weight excluding hydrogens is 550 g/mol. The van der Waals surface area contributed by atoms with Crippen LogP contribution >= 0.6 is 27.3 Å². The van der Waals surface area contributed by atoms with Gasteiger partial charge in [-0.2, -0.15) is 0 Å². The first-order valence-electron chi connectivity index (χ1n) is 12.0. The fourth-order valence-electron chi connectivity index (χ4n) is 4.80. The van der Waals surface area contributed by atoms with Gasteiger partial charge in [-0.15, -0.1) is 0 Å². The number of hydrogen-bond donors (Lipinski definition) is 0. The van der Waals surface area contributed by atoms with Crippen LogP contribution in [-0.4, -0.2) is 21.7 Å². The van der Waals surface area contributed by atoms with Gasteiger partial charge >= 0.3 is 5.97 Å². The fourth-order valence-corrected chi connectivity index (χ4v) is 6.11. The number of fused-ring (bicyclic) bond motifs is 1. The molecule has 1 atom stereocenters. The molecule has 0 fully saturated rings. The fraction of sp³-hybridized carbons (Fsp3) is 0.207. The zero-order valence-electron chi connectivity index (χ0n) is 21.0. The van der Waals surface area contributed by atoms with E-state index in [0.717, 1.165) is 32.7 Å². The van der Waals surface area contributed by atoms with E-state index in [0.29, 0.717) is 20.6 Å². The smallest absolute Gasteiger partial charge is 0.338 e. The lowest BCUT2D eigenvalue weighted by Crippen LogP contribution is -2.39. The Bertz CT molecular complexity index is 1710. The first kappa shape index (κ1) is 25.2. The Labute approximate surface area is 227 Å². The summed E-state index contributed by atoms with van der Waals surface area (Å²) in [4.78, 5) is 32.1. The first-order valence-corrected chi connectivity index (χ1v) is 13.6. The van der Waals surface area contributed by atoms with E-state index in [4.69, 9.17) is 4.74 Å². The van der Waals surface area contributed by atoms with Crippen LogP contribution in [-0.2, 0) is 9.53 Å². The van der Waals surface area contributed by atoms with Crippen molar-refractivity contribution in [3.05, 3.63) is 119 Å². The number of carbonyl (C=O) groups is 1. The van der Waals surface area contributed by atoms with Crippen LogP contribution in [0.3, 0.4) is 0 Å². The van der Waals surface area contributed by atoms with Crippen LogP contribution in [0.1, 0.15) is 42.4 Å². The number of ether oxygens (including phenoxy) is 1. The average molecular weight is 577 g/mol. The molecule has 37 heavy (non-hydrogen) atoms. The normalized spacial score (nSPS) is 15.5. The van der Waals surface area contributed by atoms with E-state index < -0.39 is 12.0 Å². The van der Waals surface area contributed by atoms with Gasteiger partial charge in [-0.05, 0) is 75.2 Å². The van der Waals surface area contributed by atoms with Crippen molar-refractivity contribution < 1.29 is 9.53 Å². The molecule has 1 unspecified atom stereocenters. The molecule has 6 nitrogen and oxygen atoms in total. The molecule has 0 N–H and O–H groups in total. The van der Waals surface area contributed by atoms with Gasteiger partial charge < -0.3 is 9.30 Å². The van der Waals surface area contributed by atoms with Crippen LogP contribution in [0.2, 0.25) is 0 Å². The third-order valence-electron chi connectivity index (χ3n) is 6.47. The van der Waals surface area contributed by atoms with Crippen molar-refractivity contribution in [2.24, 2.45) is 4.99 Å². The second-order valence-electron chi connectivity index (χ2n) is 8.85. The number of aryl methyl sites for hydroxylation is 1. The number of hydrogen-bond acceptors (Lipinski definition) is 5. The first-order chi connectivity index (χ1) is 17.8. The van der Waals surface area contributed by atoms with Crippen molar-refractivity contribution in [2.75, 3.05) is 6.61 Å². The quantitative estimate of drug-likeness (QED) is 0.316. The maximum absolute atomic E-state index is 13.8. The molecule has 5 rings (SSSR count). The molecule has 2 aromatic carbocycles. The van der Waals surface area contributed by atoms with Gasteiger partial charge in [-0.25, -0.2) is 9.79 Å². The maximum atomic E-state index is 13.8. The lowest BCUT2D eigenvalue weighted by Gasteiger charge is -2.24. The highest BCUT2D eigenvalue weighted by atomic mass is 79.9. The lowest BCUT2D eigenvalue weighted by molar-refractivity contribution is -0.139. The number of nitrogens with zero attached hydrogens (tertiary/aromatic N) is 3. The Morgan fingerprint density at radius 3 is 2.49 bits per heavy atom. The highest BCUT2D eigenvalue weighted by Gasteiger charge is 2.33. The van der Waals surface area contributed by atoms with Gasteiger partial charge in [0.25, 0.3) is 5.56 Å². The van der Waals surface area contributed by atoms with Gasteiger partial charge in [0.05, 0.1) is 28.5 Å². The number of halogens is 1. The summed E-state index contributed by atoms with van der Waals surface area (Å²) in [7, 11) is 0. The molecule has 2 aromatic heterocycles. The van der Waals surface area contributed by atoms with E-state index in [-0.39, 0.29) is 12.2 Å². The van der Waals surface area contributed by atoms with Crippen molar-refractivity contribution in [3.63, 3.8) is 0 Å². The van der Waals surface area contributed by atoms with Crippen LogP contribution in [0.15, 0.2) is 86.2 Å². The summed E-state index contributed by atoms with van der Waals surface area (Å²) in [6.07, 6.45) is 1.92. The number of thiazole rings is 1. The standard InChI is InChI=1S/C29H26BrN3O3S/c1-5-36-28(35)25-18(3)31-29-33(26(25)20-9-7-6-8-10-20)27(34)24(37-29)16-21-15-17(2)32(19(21)4)23-13-11-22(30)12-14-23/h6-16,26H,5H2,1-4H3. The molecule has 1 aliphatic rings. The number of aromatic nitrogens is 2. The van der Waals surface area contributed by atoms with Gasteiger partial charge in [0, 0.05) is 21.5 Å². The Hall–Kier alpha value is -3.49. The van der Waals surface area contributed by atoms with Crippen LogP contribution in [0.25, 0.3) is 11.8 Å². The molecule has 8 heteroatoms. The van der Waals surface area contributed by atoms with Gasteiger partial charge in [0.15, 0.2) is 4.80 Å². The molecule has 0 bridgehead atoms. The second kappa shape index (κ2) is 10.1. The Balaban J connectivity index is 1.68. The van der Waals surface area contributed by atoms with Gasteiger partial charge in [0.2, 0.25) is 0 Å². The van der Waals surface area contributed by atoms with E-state index in [2.05, 4.69) is 50.6 Å². The van der Waals surface area contributed by atoms with Crippen molar-refractivity contribution in [2.45, 2.75) is 33.7 Å². The Morgan fingerprint density at radius 1 is 1.11 bits per heavy atom. The molecule has 1 aliphatic heterocycles.